The Hall–Kier alpha value is -0.610. The first-order valence-corrected chi connectivity index (χ1v) is 3.30. The number of rotatable bonds is 2. The van der Waals surface area contributed by atoms with Crippen LogP contribution in [0.3, 0.4) is 0 Å². The van der Waals surface area contributed by atoms with Crippen molar-refractivity contribution in [1.29, 1.82) is 0 Å². The summed E-state index contributed by atoms with van der Waals surface area (Å²) in [6.07, 6.45) is 0.328. The fourth-order valence-corrected chi connectivity index (χ4v) is 1.16. The molecular formula is C6H11NO3. The zero-order valence-corrected chi connectivity index (χ0v) is 5.62. The van der Waals surface area contributed by atoms with Crippen LogP contribution in [0.25, 0.3) is 0 Å². The van der Waals surface area contributed by atoms with Gasteiger partial charge in [0.15, 0.2) is 0 Å². The van der Waals surface area contributed by atoms with Crippen molar-refractivity contribution < 1.29 is 14.6 Å². The van der Waals surface area contributed by atoms with Crippen molar-refractivity contribution >= 4 is 5.97 Å². The average molecular weight is 145 g/mol. The Morgan fingerprint density at radius 2 is 2.50 bits per heavy atom. The summed E-state index contributed by atoms with van der Waals surface area (Å²) in [5.41, 5.74) is 5.27. The van der Waals surface area contributed by atoms with Crippen LogP contribution < -0.4 is 5.73 Å². The average Bonchev–Trinajstić information content (AvgIpc) is 2.33. The highest BCUT2D eigenvalue weighted by Crippen LogP contribution is 2.19. The molecule has 0 aliphatic carbocycles. The van der Waals surface area contributed by atoms with E-state index in [1.165, 1.54) is 0 Å². The third-order valence-electron chi connectivity index (χ3n) is 1.76. The molecule has 1 rings (SSSR count). The minimum atomic E-state index is -0.798. The molecule has 4 nitrogen and oxygen atoms in total. The summed E-state index contributed by atoms with van der Waals surface area (Å²) in [5, 5.41) is 8.58. The fraction of sp³-hybridized carbons (Fsp3) is 0.833. The molecule has 0 spiro atoms. The Labute approximate surface area is 59.0 Å². The van der Waals surface area contributed by atoms with Gasteiger partial charge in [0.2, 0.25) is 0 Å². The molecular weight excluding hydrogens is 134 g/mol. The van der Waals surface area contributed by atoms with Crippen LogP contribution >= 0.6 is 0 Å². The van der Waals surface area contributed by atoms with E-state index in [9.17, 15) is 4.79 Å². The number of hydrogen-bond acceptors (Lipinski definition) is 3. The number of nitrogens with two attached hydrogens (primary N) is 1. The van der Waals surface area contributed by atoms with Gasteiger partial charge >= 0.3 is 5.97 Å². The zero-order valence-electron chi connectivity index (χ0n) is 5.62. The van der Waals surface area contributed by atoms with Crippen molar-refractivity contribution in [3.8, 4) is 0 Å². The van der Waals surface area contributed by atoms with Crippen molar-refractivity contribution in [2.24, 2.45) is 11.7 Å². The van der Waals surface area contributed by atoms with Gasteiger partial charge in [-0.1, -0.05) is 0 Å². The van der Waals surface area contributed by atoms with E-state index in [0.29, 0.717) is 19.6 Å². The first kappa shape index (κ1) is 7.50. The van der Waals surface area contributed by atoms with Crippen LogP contribution in [0, 0.1) is 5.92 Å². The minimum Gasteiger partial charge on any atom is -0.481 e. The Morgan fingerprint density at radius 1 is 1.80 bits per heavy atom. The van der Waals surface area contributed by atoms with Crippen LogP contribution in [0.1, 0.15) is 6.42 Å². The second-order valence-corrected chi connectivity index (χ2v) is 2.38. The third-order valence-corrected chi connectivity index (χ3v) is 1.76. The summed E-state index contributed by atoms with van der Waals surface area (Å²) in [6, 6.07) is 0. The third kappa shape index (κ3) is 1.27. The summed E-state index contributed by atoms with van der Waals surface area (Å²) in [4.78, 5) is 10.4. The van der Waals surface area contributed by atoms with E-state index in [2.05, 4.69) is 0 Å². The van der Waals surface area contributed by atoms with Crippen molar-refractivity contribution in [1.82, 2.24) is 0 Å². The minimum absolute atomic E-state index is 0.266. The lowest BCUT2D eigenvalue weighted by atomic mass is 10.0. The monoisotopic (exact) mass is 145 g/mol. The van der Waals surface area contributed by atoms with Gasteiger partial charge in [-0.15, -0.1) is 0 Å². The summed E-state index contributed by atoms with van der Waals surface area (Å²) in [7, 11) is 0. The Bertz CT molecular complexity index is 137. The molecule has 4 heteroatoms. The number of carbonyl (C=O) groups is 1. The molecule has 0 bridgehead atoms. The summed E-state index contributed by atoms with van der Waals surface area (Å²) in [5.74, 6) is -1.18. The number of hydrogen-bond donors (Lipinski definition) is 2. The maximum Gasteiger partial charge on any atom is 0.309 e. The van der Waals surface area contributed by atoms with Gasteiger partial charge in [0, 0.05) is 13.2 Å². The predicted molar refractivity (Wildman–Crippen MR) is 34.5 cm³/mol. The molecule has 0 aromatic rings. The number of ether oxygens (including phenoxy) is 1. The van der Waals surface area contributed by atoms with Crippen LogP contribution in [0.15, 0.2) is 0 Å². The molecule has 2 atom stereocenters. The quantitative estimate of drug-likeness (QED) is 0.546. The van der Waals surface area contributed by atoms with E-state index in [1.54, 1.807) is 0 Å². The van der Waals surface area contributed by atoms with E-state index in [-0.39, 0.29) is 12.0 Å². The normalized spacial score (nSPS) is 32.5. The highest BCUT2D eigenvalue weighted by molar-refractivity contribution is 5.71. The van der Waals surface area contributed by atoms with Crippen molar-refractivity contribution in [2.75, 3.05) is 13.2 Å². The van der Waals surface area contributed by atoms with Crippen LogP contribution in [-0.4, -0.2) is 30.3 Å². The smallest absolute Gasteiger partial charge is 0.309 e. The highest BCUT2D eigenvalue weighted by atomic mass is 16.5. The molecule has 58 valence electrons. The summed E-state index contributed by atoms with van der Waals surface area (Å²) >= 11 is 0. The molecule has 0 aromatic carbocycles. The van der Waals surface area contributed by atoms with Gasteiger partial charge in [-0.25, -0.2) is 0 Å². The molecule has 0 aromatic heterocycles. The van der Waals surface area contributed by atoms with Gasteiger partial charge in [-0.3, -0.25) is 4.79 Å². The molecule has 1 fully saturated rings. The maximum absolute atomic E-state index is 10.4. The molecule has 1 heterocycles. The van der Waals surface area contributed by atoms with Gasteiger partial charge in [0.25, 0.3) is 0 Å². The van der Waals surface area contributed by atoms with E-state index >= 15 is 0 Å². The molecule has 0 radical (unpaired) electrons. The van der Waals surface area contributed by atoms with Gasteiger partial charge in [0.05, 0.1) is 12.0 Å². The van der Waals surface area contributed by atoms with Crippen LogP contribution in [0.5, 0.6) is 0 Å². The lowest BCUT2D eigenvalue weighted by molar-refractivity contribution is -0.143. The zero-order chi connectivity index (χ0) is 7.56. The van der Waals surface area contributed by atoms with Crippen molar-refractivity contribution in [3.63, 3.8) is 0 Å². The molecule has 0 amide bonds. The Morgan fingerprint density at radius 3 is 2.90 bits per heavy atom. The molecule has 1 aliphatic heterocycles. The molecule has 0 unspecified atom stereocenters. The molecule has 3 N–H and O–H groups in total. The summed E-state index contributed by atoms with van der Waals surface area (Å²) in [6.45, 7) is 0.829. The van der Waals surface area contributed by atoms with Crippen molar-refractivity contribution in [2.45, 2.75) is 12.5 Å². The number of carboxylic acid groups (broad SMARTS) is 1. The molecule has 10 heavy (non-hydrogen) atoms. The first-order valence-electron chi connectivity index (χ1n) is 3.30. The van der Waals surface area contributed by atoms with Gasteiger partial charge < -0.3 is 15.6 Å². The molecule has 1 aliphatic rings. The van der Waals surface area contributed by atoms with Crippen molar-refractivity contribution in [3.05, 3.63) is 0 Å². The second kappa shape index (κ2) is 2.98. The predicted octanol–water partition coefficient (Wildman–Crippen LogP) is -0.565. The van der Waals surface area contributed by atoms with E-state index in [4.69, 9.17) is 15.6 Å². The lowest BCUT2D eigenvalue weighted by Gasteiger charge is -2.10. The second-order valence-electron chi connectivity index (χ2n) is 2.38. The standard InChI is InChI=1S/C6H11NO3/c7-3-5-4(6(8)9)1-2-10-5/h4-5H,1-3,7H2,(H,8,9)/t4-,5+/m1/s1. The van der Waals surface area contributed by atoms with E-state index in [0.717, 1.165) is 0 Å². The fourth-order valence-electron chi connectivity index (χ4n) is 1.16. The highest BCUT2D eigenvalue weighted by Gasteiger charge is 2.32. The largest absolute Gasteiger partial charge is 0.481 e. The van der Waals surface area contributed by atoms with Crippen LogP contribution in [0.2, 0.25) is 0 Å². The van der Waals surface area contributed by atoms with E-state index in [1.807, 2.05) is 0 Å². The van der Waals surface area contributed by atoms with E-state index < -0.39 is 5.97 Å². The lowest BCUT2D eigenvalue weighted by Crippen LogP contribution is -2.30. The maximum atomic E-state index is 10.4. The number of carboxylic acids is 1. The van der Waals surface area contributed by atoms with Gasteiger partial charge in [-0.2, -0.15) is 0 Å². The topological polar surface area (TPSA) is 72.5 Å². The van der Waals surface area contributed by atoms with Crippen LogP contribution in [0.4, 0.5) is 0 Å². The first-order chi connectivity index (χ1) is 4.75. The molecule has 1 saturated heterocycles. The van der Waals surface area contributed by atoms with Gasteiger partial charge in [0.1, 0.15) is 0 Å². The SMILES string of the molecule is NC[C@@H]1OCC[C@H]1C(=O)O. The molecule has 0 saturated carbocycles. The number of aliphatic carboxylic acids is 1. The van der Waals surface area contributed by atoms with Gasteiger partial charge in [-0.05, 0) is 6.42 Å². The Balaban J connectivity index is 2.50. The summed E-state index contributed by atoms with van der Waals surface area (Å²) < 4.78 is 5.07. The Kier molecular flexibility index (Phi) is 2.24. The van der Waals surface area contributed by atoms with Crippen LogP contribution in [-0.2, 0) is 9.53 Å².